The second-order valence-corrected chi connectivity index (χ2v) is 6.92. The van der Waals surface area contributed by atoms with Crippen LogP contribution in [0, 0.1) is 0 Å². The average molecular weight is 336 g/mol. The molecule has 4 atom stereocenters. The first-order valence-electron chi connectivity index (χ1n) is 8.69. The maximum atomic E-state index is 9.58. The van der Waals surface area contributed by atoms with Gasteiger partial charge in [0.05, 0.1) is 37.5 Å². The van der Waals surface area contributed by atoms with Gasteiger partial charge >= 0.3 is 0 Å². The van der Waals surface area contributed by atoms with Gasteiger partial charge in [0.2, 0.25) is 0 Å². The van der Waals surface area contributed by atoms with E-state index in [0.29, 0.717) is 13.2 Å². The number of hydrogen-bond acceptors (Lipinski definition) is 6. The van der Waals surface area contributed by atoms with Gasteiger partial charge in [0, 0.05) is 0 Å². The highest BCUT2D eigenvalue weighted by atomic mass is 16.5. The second-order valence-electron chi connectivity index (χ2n) is 6.92. The van der Waals surface area contributed by atoms with Crippen molar-refractivity contribution in [2.45, 2.75) is 50.2 Å². The van der Waals surface area contributed by atoms with Gasteiger partial charge in [0.25, 0.3) is 0 Å². The monoisotopic (exact) mass is 336 g/mol. The quantitative estimate of drug-likeness (QED) is 0.625. The SMILES string of the molecule is CC[C@]1(CO)CO[C@H](c2ccc([C@H]3N[C@](CC)(CO)CO3)cc2)N1. The van der Waals surface area contributed by atoms with E-state index >= 15 is 0 Å². The highest BCUT2D eigenvalue weighted by molar-refractivity contribution is 5.27. The summed E-state index contributed by atoms with van der Waals surface area (Å²) in [7, 11) is 0. The lowest BCUT2D eigenvalue weighted by atomic mass is 9.99. The summed E-state index contributed by atoms with van der Waals surface area (Å²) in [5.41, 5.74) is 1.37. The van der Waals surface area contributed by atoms with E-state index < -0.39 is 0 Å². The molecule has 2 saturated heterocycles. The minimum atomic E-state index is -0.346. The topological polar surface area (TPSA) is 83.0 Å². The van der Waals surface area contributed by atoms with Gasteiger partial charge in [-0.3, -0.25) is 10.6 Å². The fourth-order valence-electron chi connectivity index (χ4n) is 3.23. The minimum absolute atomic E-state index is 0.0676. The third-order valence-corrected chi connectivity index (χ3v) is 5.43. The summed E-state index contributed by atoms with van der Waals surface area (Å²) in [5.74, 6) is 0. The molecule has 0 spiro atoms. The fourth-order valence-corrected chi connectivity index (χ4v) is 3.23. The van der Waals surface area contributed by atoms with Gasteiger partial charge in [0.1, 0.15) is 12.5 Å². The molecule has 0 amide bonds. The van der Waals surface area contributed by atoms with Crippen molar-refractivity contribution in [3.8, 4) is 0 Å². The Labute approximate surface area is 143 Å². The smallest absolute Gasteiger partial charge is 0.134 e. The minimum Gasteiger partial charge on any atom is -0.394 e. The molecule has 0 aliphatic carbocycles. The first-order valence-corrected chi connectivity index (χ1v) is 8.69. The fraction of sp³-hybridized carbons (Fsp3) is 0.667. The number of aliphatic hydroxyl groups is 2. The predicted octanol–water partition coefficient (Wildman–Crippen LogP) is 1.21. The molecule has 2 aliphatic rings. The molecular formula is C18H28N2O4. The molecule has 0 saturated carbocycles. The summed E-state index contributed by atoms with van der Waals surface area (Å²) in [4.78, 5) is 0. The highest BCUT2D eigenvalue weighted by Crippen LogP contribution is 2.31. The van der Waals surface area contributed by atoms with Crippen molar-refractivity contribution >= 4 is 0 Å². The first kappa shape index (κ1) is 17.8. The molecule has 1 aromatic rings. The van der Waals surface area contributed by atoms with Gasteiger partial charge < -0.3 is 19.7 Å². The van der Waals surface area contributed by atoms with E-state index in [9.17, 15) is 10.2 Å². The standard InChI is InChI=1S/C18H28N2O4/c1-3-17(9-21)11-23-15(19-17)13-5-7-14(8-6-13)16-20-18(4-2,10-22)12-24-16/h5-8,15-16,19-22H,3-4,9-12H2,1-2H3/t15-,16+,17+,18-. The molecule has 0 aromatic heterocycles. The normalized spacial score (nSPS) is 36.3. The Bertz CT molecular complexity index is 491. The molecule has 134 valence electrons. The molecule has 2 fully saturated rings. The van der Waals surface area contributed by atoms with Crippen molar-refractivity contribution < 1.29 is 19.7 Å². The zero-order valence-electron chi connectivity index (χ0n) is 14.4. The lowest BCUT2D eigenvalue weighted by Crippen LogP contribution is -2.46. The van der Waals surface area contributed by atoms with Gasteiger partial charge in [-0.25, -0.2) is 0 Å². The van der Waals surface area contributed by atoms with Crippen LogP contribution < -0.4 is 10.6 Å². The molecule has 0 radical (unpaired) electrons. The number of nitrogens with one attached hydrogen (secondary N) is 2. The third kappa shape index (κ3) is 3.22. The van der Waals surface area contributed by atoms with Crippen molar-refractivity contribution in [3.05, 3.63) is 35.4 Å². The maximum absolute atomic E-state index is 9.58. The van der Waals surface area contributed by atoms with Gasteiger partial charge in [-0.2, -0.15) is 0 Å². The van der Waals surface area contributed by atoms with Crippen LogP contribution in [0.3, 0.4) is 0 Å². The average Bonchev–Trinajstić information content (AvgIpc) is 3.28. The molecule has 24 heavy (non-hydrogen) atoms. The van der Waals surface area contributed by atoms with Crippen LogP contribution in [0.5, 0.6) is 0 Å². The van der Waals surface area contributed by atoms with Crippen LogP contribution in [-0.4, -0.2) is 47.7 Å². The molecule has 3 rings (SSSR count). The van der Waals surface area contributed by atoms with Crippen molar-refractivity contribution in [1.82, 2.24) is 10.6 Å². The summed E-state index contributed by atoms with van der Waals surface area (Å²) in [6, 6.07) is 8.08. The zero-order chi connectivity index (χ0) is 17.2. The molecule has 0 unspecified atom stereocenters. The zero-order valence-corrected chi connectivity index (χ0v) is 14.4. The second kappa shape index (κ2) is 7.07. The summed E-state index contributed by atoms with van der Waals surface area (Å²) >= 11 is 0. The van der Waals surface area contributed by atoms with E-state index in [2.05, 4.69) is 10.6 Å². The molecule has 6 heteroatoms. The van der Waals surface area contributed by atoms with Crippen molar-refractivity contribution in [2.24, 2.45) is 0 Å². The van der Waals surface area contributed by atoms with Crippen LogP contribution in [-0.2, 0) is 9.47 Å². The Balaban J connectivity index is 1.67. The number of ether oxygens (including phenoxy) is 2. The Morgan fingerprint density at radius 2 is 1.25 bits per heavy atom. The molecule has 2 aliphatic heterocycles. The Kier molecular flexibility index (Phi) is 5.24. The Morgan fingerprint density at radius 1 is 0.875 bits per heavy atom. The van der Waals surface area contributed by atoms with E-state index in [0.717, 1.165) is 24.0 Å². The first-order chi connectivity index (χ1) is 11.6. The highest BCUT2D eigenvalue weighted by Gasteiger charge is 2.39. The summed E-state index contributed by atoms with van der Waals surface area (Å²) in [6.07, 6.45) is 1.24. The van der Waals surface area contributed by atoms with Crippen LogP contribution in [0.25, 0.3) is 0 Å². The Morgan fingerprint density at radius 3 is 1.50 bits per heavy atom. The largest absolute Gasteiger partial charge is 0.394 e. The molecule has 0 bridgehead atoms. The van der Waals surface area contributed by atoms with Crippen molar-refractivity contribution in [2.75, 3.05) is 26.4 Å². The van der Waals surface area contributed by atoms with Gasteiger partial charge in [-0.15, -0.1) is 0 Å². The van der Waals surface area contributed by atoms with Crippen LogP contribution in [0.15, 0.2) is 24.3 Å². The number of hydrogen-bond donors (Lipinski definition) is 4. The van der Waals surface area contributed by atoms with E-state index in [4.69, 9.17) is 9.47 Å². The van der Waals surface area contributed by atoms with Crippen molar-refractivity contribution in [3.63, 3.8) is 0 Å². The molecule has 6 nitrogen and oxygen atoms in total. The van der Waals surface area contributed by atoms with E-state index in [1.807, 2.05) is 38.1 Å². The van der Waals surface area contributed by atoms with Crippen molar-refractivity contribution in [1.29, 1.82) is 0 Å². The van der Waals surface area contributed by atoms with E-state index in [-0.39, 0.29) is 36.7 Å². The van der Waals surface area contributed by atoms with Gasteiger partial charge in [-0.05, 0) is 24.0 Å². The maximum Gasteiger partial charge on any atom is 0.134 e. The summed E-state index contributed by atoms with van der Waals surface area (Å²) in [5, 5.41) is 25.9. The summed E-state index contributed by atoms with van der Waals surface area (Å²) < 4.78 is 11.6. The number of aliphatic hydroxyl groups excluding tert-OH is 2. The molecule has 2 heterocycles. The van der Waals surface area contributed by atoms with E-state index in [1.165, 1.54) is 0 Å². The predicted molar refractivity (Wildman–Crippen MR) is 90.3 cm³/mol. The van der Waals surface area contributed by atoms with Crippen LogP contribution in [0.4, 0.5) is 0 Å². The Hall–Kier alpha value is -1.02. The lowest BCUT2D eigenvalue weighted by molar-refractivity contribution is 0.0897. The number of benzene rings is 1. The molecule has 1 aromatic carbocycles. The molecular weight excluding hydrogens is 308 g/mol. The summed E-state index contributed by atoms with van der Waals surface area (Å²) in [6.45, 7) is 5.24. The van der Waals surface area contributed by atoms with E-state index in [1.54, 1.807) is 0 Å². The van der Waals surface area contributed by atoms with Crippen LogP contribution >= 0.6 is 0 Å². The van der Waals surface area contributed by atoms with Crippen LogP contribution in [0.1, 0.15) is 50.3 Å². The van der Waals surface area contributed by atoms with Crippen LogP contribution in [0.2, 0.25) is 0 Å². The number of rotatable bonds is 6. The third-order valence-electron chi connectivity index (χ3n) is 5.43. The van der Waals surface area contributed by atoms with Gasteiger partial charge in [-0.1, -0.05) is 38.1 Å². The molecule has 4 N–H and O–H groups in total. The van der Waals surface area contributed by atoms with Gasteiger partial charge in [0.15, 0.2) is 0 Å². The lowest BCUT2D eigenvalue weighted by Gasteiger charge is -2.25.